The summed E-state index contributed by atoms with van der Waals surface area (Å²) in [5.41, 5.74) is 11.2. The minimum Gasteiger partial charge on any atom is -0.409 e. The average Bonchev–Trinajstić information content (AvgIpc) is 2.45. The first-order chi connectivity index (χ1) is 9.93. The van der Waals surface area contributed by atoms with E-state index < -0.39 is 0 Å². The SMILES string of the molecule is Cc1ccc(N(C)c2cc(C)nc(C)c2/C(N)=N/O)cc1. The van der Waals surface area contributed by atoms with Crippen molar-refractivity contribution >= 4 is 17.2 Å². The molecule has 2 aromatic rings. The first-order valence-electron chi connectivity index (χ1n) is 6.70. The van der Waals surface area contributed by atoms with Crippen LogP contribution in [0.5, 0.6) is 0 Å². The fourth-order valence-corrected chi connectivity index (χ4v) is 2.35. The summed E-state index contributed by atoms with van der Waals surface area (Å²) in [5, 5.41) is 12.1. The summed E-state index contributed by atoms with van der Waals surface area (Å²) in [6, 6.07) is 10.1. The standard InChI is InChI=1S/C16H20N4O/c1-10-5-7-13(8-6-10)20(4)14-9-11(2)18-12(3)15(14)16(17)19-21/h5-9,21H,1-4H3,(H2,17,19). The van der Waals surface area contributed by atoms with Crippen LogP contribution in [0.1, 0.15) is 22.5 Å². The summed E-state index contributed by atoms with van der Waals surface area (Å²) >= 11 is 0. The average molecular weight is 284 g/mol. The highest BCUT2D eigenvalue weighted by atomic mass is 16.4. The lowest BCUT2D eigenvalue weighted by Gasteiger charge is -2.23. The Morgan fingerprint density at radius 1 is 1.19 bits per heavy atom. The largest absolute Gasteiger partial charge is 0.409 e. The third kappa shape index (κ3) is 2.97. The number of amidine groups is 1. The molecular weight excluding hydrogens is 264 g/mol. The Morgan fingerprint density at radius 2 is 1.81 bits per heavy atom. The van der Waals surface area contributed by atoms with E-state index in [1.54, 1.807) is 0 Å². The molecular formula is C16H20N4O. The summed E-state index contributed by atoms with van der Waals surface area (Å²) in [6.07, 6.45) is 0. The molecule has 0 radical (unpaired) electrons. The second kappa shape index (κ2) is 5.83. The van der Waals surface area contributed by atoms with Crippen LogP contribution < -0.4 is 10.6 Å². The van der Waals surface area contributed by atoms with Gasteiger partial charge in [0.1, 0.15) is 0 Å². The number of aryl methyl sites for hydroxylation is 3. The van der Waals surface area contributed by atoms with Crippen molar-refractivity contribution in [1.82, 2.24) is 4.98 Å². The zero-order valence-electron chi connectivity index (χ0n) is 12.8. The van der Waals surface area contributed by atoms with Crippen LogP contribution in [0, 0.1) is 20.8 Å². The lowest BCUT2D eigenvalue weighted by atomic mass is 10.1. The maximum absolute atomic E-state index is 9.01. The summed E-state index contributed by atoms with van der Waals surface area (Å²) in [4.78, 5) is 6.40. The Balaban J connectivity index is 2.59. The Labute approximate surface area is 124 Å². The van der Waals surface area contributed by atoms with E-state index in [1.165, 1.54) is 5.56 Å². The number of hydrogen-bond donors (Lipinski definition) is 2. The smallest absolute Gasteiger partial charge is 0.174 e. The van der Waals surface area contributed by atoms with Gasteiger partial charge < -0.3 is 15.8 Å². The van der Waals surface area contributed by atoms with E-state index in [0.29, 0.717) is 5.56 Å². The maximum atomic E-state index is 9.01. The molecule has 0 fully saturated rings. The number of benzene rings is 1. The fourth-order valence-electron chi connectivity index (χ4n) is 2.35. The van der Waals surface area contributed by atoms with Crippen molar-refractivity contribution in [2.24, 2.45) is 10.9 Å². The van der Waals surface area contributed by atoms with Crippen LogP contribution in [0.15, 0.2) is 35.5 Å². The Hall–Kier alpha value is -2.56. The second-order valence-corrected chi connectivity index (χ2v) is 5.12. The van der Waals surface area contributed by atoms with Crippen LogP contribution in [0.4, 0.5) is 11.4 Å². The van der Waals surface area contributed by atoms with Gasteiger partial charge in [0.05, 0.1) is 16.9 Å². The predicted octanol–water partition coefficient (Wildman–Crippen LogP) is 2.87. The van der Waals surface area contributed by atoms with E-state index in [0.717, 1.165) is 22.8 Å². The van der Waals surface area contributed by atoms with Crippen molar-refractivity contribution in [3.63, 3.8) is 0 Å². The number of nitrogens with zero attached hydrogens (tertiary/aromatic N) is 3. The summed E-state index contributed by atoms with van der Waals surface area (Å²) < 4.78 is 0. The normalized spacial score (nSPS) is 11.5. The van der Waals surface area contributed by atoms with Gasteiger partial charge in [-0.1, -0.05) is 22.9 Å². The van der Waals surface area contributed by atoms with Crippen LogP contribution in [-0.2, 0) is 0 Å². The van der Waals surface area contributed by atoms with Gasteiger partial charge in [-0.2, -0.15) is 0 Å². The van der Waals surface area contributed by atoms with Crippen molar-refractivity contribution < 1.29 is 5.21 Å². The number of aromatic nitrogens is 1. The molecule has 0 saturated carbocycles. The highest BCUT2D eigenvalue weighted by Crippen LogP contribution is 2.29. The van der Waals surface area contributed by atoms with Gasteiger partial charge in [0.2, 0.25) is 0 Å². The molecule has 0 saturated heterocycles. The summed E-state index contributed by atoms with van der Waals surface area (Å²) in [5.74, 6) is 0.0639. The molecule has 0 aliphatic heterocycles. The molecule has 0 unspecified atom stereocenters. The highest BCUT2D eigenvalue weighted by molar-refractivity contribution is 6.03. The third-order valence-corrected chi connectivity index (χ3v) is 3.45. The molecule has 0 atom stereocenters. The molecule has 0 spiro atoms. The van der Waals surface area contributed by atoms with Crippen LogP contribution in [-0.4, -0.2) is 23.1 Å². The van der Waals surface area contributed by atoms with Gasteiger partial charge in [-0.3, -0.25) is 4.98 Å². The molecule has 0 aliphatic carbocycles. The first-order valence-corrected chi connectivity index (χ1v) is 6.70. The second-order valence-electron chi connectivity index (χ2n) is 5.12. The lowest BCUT2D eigenvalue weighted by molar-refractivity contribution is 0.318. The van der Waals surface area contributed by atoms with Gasteiger partial charge in [0.15, 0.2) is 5.84 Å². The van der Waals surface area contributed by atoms with Crippen LogP contribution in [0.2, 0.25) is 0 Å². The van der Waals surface area contributed by atoms with Crippen molar-refractivity contribution in [3.8, 4) is 0 Å². The van der Waals surface area contributed by atoms with Crippen molar-refractivity contribution in [2.75, 3.05) is 11.9 Å². The number of pyridine rings is 1. The molecule has 2 rings (SSSR count). The number of hydrogen-bond acceptors (Lipinski definition) is 4. The number of anilines is 2. The van der Waals surface area contributed by atoms with Gasteiger partial charge in [-0.25, -0.2) is 0 Å². The molecule has 0 amide bonds. The predicted molar refractivity (Wildman–Crippen MR) is 85.5 cm³/mol. The highest BCUT2D eigenvalue weighted by Gasteiger charge is 2.17. The summed E-state index contributed by atoms with van der Waals surface area (Å²) in [6.45, 7) is 5.83. The number of oxime groups is 1. The fraction of sp³-hybridized carbons (Fsp3) is 0.250. The first kappa shape index (κ1) is 14.8. The topological polar surface area (TPSA) is 74.7 Å². The minimum atomic E-state index is 0.0639. The van der Waals surface area contributed by atoms with Gasteiger partial charge in [-0.15, -0.1) is 0 Å². The van der Waals surface area contributed by atoms with Crippen LogP contribution >= 0.6 is 0 Å². The molecule has 110 valence electrons. The van der Waals surface area contributed by atoms with E-state index >= 15 is 0 Å². The zero-order chi connectivity index (χ0) is 15.6. The van der Waals surface area contributed by atoms with E-state index in [4.69, 9.17) is 10.9 Å². The van der Waals surface area contributed by atoms with Gasteiger partial charge >= 0.3 is 0 Å². The van der Waals surface area contributed by atoms with Crippen molar-refractivity contribution in [1.29, 1.82) is 0 Å². The van der Waals surface area contributed by atoms with E-state index in [9.17, 15) is 0 Å². The molecule has 21 heavy (non-hydrogen) atoms. The molecule has 1 aromatic carbocycles. The van der Waals surface area contributed by atoms with Gasteiger partial charge in [-0.05, 0) is 39.0 Å². The Morgan fingerprint density at radius 3 is 2.38 bits per heavy atom. The van der Waals surface area contributed by atoms with E-state index in [1.807, 2.05) is 50.9 Å². The van der Waals surface area contributed by atoms with Crippen molar-refractivity contribution in [2.45, 2.75) is 20.8 Å². The molecule has 3 N–H and O–H groups in total. The minimum absolute atomic E-state index is 0.0639. The van der Waals surface area contributed by atoms with E-state index in [-0.39, 0.29) is 5.84 Å². The Kier molecular flexibility index (Phi) is 4.12. The zero-order valence-corrected chi connectivity index (χ0v) is 12.8. The number of nitrogens with two attached hydrogens (primary N) is 1. The van der Waals surface area contributed by atoms with Crippen LogP contribution in [0.25, 0.3) is 0 Å². The monoisotopic (exact) mass is 284 g/mol. The quantitative estimate of drug-likeness (QED) is 0.393. The third-order valence-electron chi connectivity index (χ3n) is 3.45. The molecule has 1 aromatic heterocycles. The Bertz CT molecular complexity index is 677. The molecule has 5 nitrogen and oxygen atoms in total. The van der Waals surface area contributed by atoms with Crippen LogP contribution in [0.3, 0.4) is 0 Å². The maximum Gasteiger partial charge on any atom is 0.174 e. The number of rotatable bonds is 3. The van der Waals surface area contributed by atoms with Gasteiger partial charge in [0.25, 0.3) is 0 Å². The lowest BCUT2D eigenvalue weighted by Crippen LogP contribution is -2.22. The molecule has 0 aliphatic rings. The molecule has 1 heterocycles. The van der Waals surface area contributed by atoms with E-state index in [2.05, 4.69) is 22.3 Å². The molecule has 0 bridgehead atoms. The van der Waals surface area contributed by atoms with Gasteiger partial charge in [0, 0.05) is 18.4 Å². The molecule has 5 heteroatoms. The summed E-state index contributed by atoms with van der Waals surface area (Å²) in [7, 11) is 1.95. The van der Waals surface area contributed by atoms with Crippen molar-refractivity contribution in [3.05, 3.63) is 52.8 Å².